The molecule has 2 heterocycles. The monoisotopic (exact) mass is 397 g/mol. The summed E-state index contributed by atoms with van der Waals surface area (Å²) in [5.41, 5.74) is 0. The number of carbonyl (C=O) groups is 1. The molecule has 164 valence electrons. The van der Waals surface area contributed by atoms with Gasteiger partial charge in [-0.1, -0.05) is 55.4 Å². The number of ether oxygens (including phenoxy) is 3. The van der Waals surface area contributed by atoms with Crippen molar-refractivity contribution in [2.24, 2.45) is 29.6 Å². The number of carbonyl (C=O) groups excluding carboxylic acids is 1. The van der Waals surface area contributed by atoms with Crippen LogP contribution in [0.15, 0.2) is 0 Å². The summed E-state index contributed by atoms with van der Waals surface area (Å²) in [5, 5.41) is 3.14. The van der Waals surface area contributed by atoms with E-state index in [1.165, 1.54) is 0 Å². The van der Waals surface area contributed by atoms with Crippen LogP contribution in [0.3, 0.4) is 0 Å². The van der Waals surface area contributed by atoms with Gasteiger partial charge < -0.3 is 19.5 Å². The molecule has 2 aliphatic heterocycles. The summed E-state index contributed by atoms with van der Waals surface area (Å²) in [4.78, 5) is 11.9. The number of hydrogen-bond acceptors (Lipinski definition) is 4. The Morgan fingerprint density at radius 3 is 2.04 bits per heavy atom. The molecule has 5 nitrogen and oxygen atoms in total. The Hall–Kier alpha value is -0.650. The third-order valence-corrected chi connectivity index (χ3v) is 7.24. The predicted octanol–water partition coefficient (Wildman–Crippen LogP) is 4.39. The van der Waals surface area contributed by atoms with Crippen molar-refractivity contribution in [2.45, 2.75) is 112 Å². The highest BCUT2D eigenvalue weighted by Gasteiger charge is 2.48. The van der Waals surface area contributed by atoms with Crippen LogP contribution in [0, 0.1) is 29.6 Å². The van der Waals surface area contributed by atoms with E-state index < -0.39 is 0 Å². The van der Waals surface area contributed by atoms with Crippen LogP contribution < -0.4 is 5.32 Å². The molecule has 2 aliphatic rings. The fourth-order valence-corrected chi connectivity index (χ4v) is 5.03. The molecule has 0 saturated carbocycles. The van der Waals surface area contributed by atoms with Gasteiger partial charge in [-0.3, -0.25) is 4.79 Å². The molecule has 0 aromatic heterocycles. The van der Waals surface area contributed by atoms with Crippen LogP contribution in [0.25, 0.3) is 0 Å². The van der Waals surface area contributed by atoms with Gasteiger partial charge in [0.15, 0.2) is 6.29 Å². The molecule has 4 unspecified atom stereocenters. The predicted molar refractivity (Wildman–Crippen MR) is 112 cm³/mol. The number of nitrogens with one attached hydrogen (secondary N) is 1. The first-order valence-electron chi connectivity index (χ1n) is 11.4. The highest BCUT2D eigenvalue weighted by molar-refractivity contribution is 5.73. The van der Waals surface area contributed by atoms with E-state index in [2.05, 4.69) is 60.7 Å². The van der Waals surface area contributed by atoms with E-state index in [9.17, 15) is 4.79 Å². The average Bonchev–Trinajstić information content (AvgIpc) is 2.64. The molecule has 1 amide bonds. The molecule has 0 radical (unpaired) electrons. The topological polar surface area (TPSA) is 56.8 Å². The molecule has 0 aromatic carbocycles. The smallest absolute Gasteiger partial charge is 0.217 e. The Bertz CT molecular complexity index is 509. The van der Waals surface area contributed by atoms with Crippen LogP contribution in [0.1, 0.15) is 75.2 Å². The molecule has 5 heteroatoms. The molecule has 0 bridgehead atoms. The van der Waals surface area contributed by atoms with E-state index in [1.54, 1.807) is 6.92 Å². The van der Waals surface area contributed by atoms with E-state index in [4.69, 9.17) is 14.2 Å². The molecule has 2 rings (SSSR count). The first-order chi connectivity index (χ1) is 13.1. The molecular formula is C23H43NO4. The second-order valence-corrected chi connectivity index (χ2v) is 9.51. The van der Waals surface area contributed by atoms with E-state index in [1.807, 2.05) is 0 Å². The lowest BCUT2D eigenvalue weighted by atomic mass is 9.77. The maximum absolute atomic E-state index is 11.9. The van der Waals surface area contributed by atoms with Crippen molar-refractivity contribution in [2.75, 3.05) is 0 Å². The fraction of sp³-hybridized carbons (Fsp3) is 0.957. The van der Waals surface area contributed by atoms with Gasteiger partial charge in [0.2, 0.25) is 5.91 Å². The summed E-state index contributed by atoms with van der Waals surface area (Å²) >= 11 is 0. The summed E-state index contributed by atoms with van der Waals surface area (Å²) in [6, 6.07) is -0.0532. The van der Waals surface area contributed by atoms with Crippen molar-refractivity contribution in [1.82, 2.24) is 5.32 Å². The van der Waals surface area contributed by atoms with Crippen LogP contribution in [0.5, 0.6) is 0 Å². The molecule has 0 aromatic rings. The maximum atomic E-state index is 11.9. The zero-order valence-electron chi connectivity index (χ0n) is 19.4. The van der Waals surface area contributed by atoms with Crippen molar-refractivity contribution in [3.05, 3.63) is 0 Å². The van der Waals surface area contributed by atoms with Gasteiger partial charge in [-0.05, 0) is 30.6 Å². The molecule has 0 aliphatic carbocycles. The van der Waals surface area contributed by atoms with Gasteiger partial charge in [0.25, 0.3) is 0 Å². The van der Waals surface area contributed by atoms with Gasteiger partial charge in [-0.25, -0.2) is 0 Å². The van der Waals surface area contributed by atoms with Gasteiger partial charge in [-0.15, -0.1) is 0 Å². The molecular weight excluding hydrogens is 354 g/mol. The summed E-state index contributed by atoms with van der Waals surface area (Å²) < 4.78 is 19.5. The highest BCUT2D eigenvalue weighted by Crippen LogP contribution is 2.40. The molecule has 1 N–H and O–H groups in total. The maximum Gasteiger partial charge on any atom is 0.217 e. The second-order valence-electron chi connectivity index (χ2n) is 9.51. The number of rotatable bonds is 6. The highest BCUT2D eigenvalue weighted by atomic mass is 16.7. The minimum absolute atomic E-state index is 0.00395. The SMILES string of the molecule is CCC1O[C@@H](C(C)C)C(NC(C)=O)[C@@H](C)[C@@H]1O[C@@H]1OC(CC)[C@H](C)[C@H](C)C1C. The zero-order chi connectivity index (χ0) is 21.2. The third-order valence-electron chi connectivity index (χ3n) is 7.24. The molecule has 28 heavy (non-hydrogen) atoms. The normalized spacial score (nSPS) is 44.5. The van der Waals surface area contributed by atoms with Crippen LogP contribution >= 0.6 is 0 Å². The lowest BCUT2D eigenvalue weighted by Gasteiger charge is -2.50. The van der Waals surface area contributed by atoms with Gasteiger partial charge >= 0.3 is 0 Å². The lowest BCUT2D eigenvalue weighted by Crippen LogP contribution is -2.62. The van der Waals surface area contributed by atoms with Crippen molar-refractivity contribution in [3.8, 4) is 0 Å². The first kappa shape index (κ1) is 23.6. The minimum Gasteiger partial charge on any atom is -0.370 e. The van der Waals surface area contributed by atoms with E-state index in [0.717, 1.165) is 12.8 Å². The zero-order valence-corrected chi connectivity index (χ0v) is 19.4. The Morgan fingerprint density at radius 2 is 1.54 bits per heavy atom. The largest absolute Gasteiger partial charge is 0.370 e. The van der Waals surface area contributed by atoms with E-state index in [-0.39, 0.29) is 48.6 Å². The average molecular weight is 398 g/mol. The van der Waals surface area contributed by atoms with Crippen molar-refractivity contribution in [3.63, 3.8) is 0 Å². The lowest BCUT2D eigenvalue weighted by molar-refractivity contribution is -0.299. The van der Waals surface area contributed by atoms with Crippen molar-refractivity contribution >= 4 is 5.91 Å². The first-order valence-corrected chi connectivity index (χ1v) is 11.4. The standard InChI is InChI=1S/C23H43NO4/c1-10-18-14(6)13(5)15(7)23(27-18)28-22-16(8)20(24-17(9)25)21(12(3)4)26-19(22)11-2/h12-16,18-23H,10-11H2,1-9H3,(H,24,25)/t13-,14+,15?,16+,18?,19?,20?,21-,22-,23-/m0/s1. The Labute approximate surface area is 172 Å². The van der Waals surface area contributed by atoms with Gasteiger partial charge in [0.1, 0.15) is 0 Å². The second kappa shape index (κ2) is 9.90. The van der Waals surface area contributed by atoms with E-state index in [0.29, 0.717) is 23.7 Å². The summed E-state index contributed by atoms with van der Waals surface area (Å²) in [5.74, 6) is 1.85. The Morgan fingerprint density at radius 1 is 0.929 bits per heavy atom. The van der Waals surface area contributed by atoms with Crippen molar-refractivity contribution < 1.29 is 19.0 Å². The Balaban J connectivity index is 2.22. The Kier molecular flexibility index (Phi) is 8.36. The van der Waals surface area contributed by atoms with E-state index >= 15 is 0 Å². The number of hydrogen-bond donors (Lipinski definition) is 1. The quantitative estimate of drug-likeness (QED) is 0.722. The van der Waals surface area contributed by atoms with Crippen LogP contribution in [0.2, 0.25) is 0 Å². The van der Waals surface area contributed by atoms with Gasteiger partial charge in [0, 0.05) is 18.8 Å². The van der Waals surface area contributed by atoms with Crippen molar-refractivity contribution in [1.29, 1.82) is 0 Å². The van der Waals surface area contributed by atoms with Crippen LogP contribution in [-0.2, 0) is 19.0 Å². The molecule has 2 saturated heterocycles. The van der Waals surface area contributed by atoms with Gasteiger partial charge in [-0.2, -0.15) is 0 Å². The molecule has 10 atom stereocenters. The van der Waals surface area contributed by atoms with Gasteiger partial charge in [0.05, 0.1) is 30.5 Å². The number of amides is 1. The summed E-state index contributed by atoms with van der Waals surface area (Å²) in [6.45, 7) is 19.2. The third kappa shape index (κ3) is 4.91. The summed E-state index contributed by atoms with van der Waals surface area (Å²) in [6.07, 6.45) is 1.79. The molecule has 2 fully saturated rings. The molecule has 0 spiro atoms. The fourth-order valence-electron chi connectivity index (χ4n) is 5.03. The van der Waals surface area contributed by atoms with Crippen LogP contribution in [0.4, 0.5) is 0 Å². The minimum atomic E-state index is -0.227. The summed E-state index contributed by atoms with van der Waals surface area (Å²) in [7, 11) is 0. The van der Waals surface area contributed by atoms with Crippen LogP contribution in [-0.4, -0.2) is 42.7 Å².